The summed E-state index contributed by atoms with van der Waals surface area (Å²) in [5.74, 6) is 0.192. The Hall–Kier alpha value is -0.730. The molecule has 1 aromatic rings. The van der Waals surface area contributed by atoms with Gasteiger partial charge in [0.15, 0.2) is 0 Å². The van der Waals surface area contributed by atoms with E-state index in [1.54, 1.807) is 0 Å². The van der Waals surface area contributed by atoms with E-state index in [9.17, 15) is 5.11 Å². The van der Waals surface area contributed by atoms with Crippen molar-refractivity contribution in [2.45, 2.75) is 39.2 Å². The Morgan fingerprint density at radius 3 is 2.47 bits per heavy atom. The molecule has 15 heavy (non-hydrogen) atoms. The van der Waals surface area contributed by atoms with Gasteiger partial charge in [-0.15, -0.1) is 0 Å². The number of benzene rings is 1. The predicted molar refractivity (Wildman–Crippen MR) is 62.4 cm³/mol. The van der Waals surface area contributed by atoms with Crippen LogP contribution in [0, 0.1) is 6.92 Å². The molecule has 82 valence electrons. The molecule has 3 heteroatoms. The summed E-state index contributed by atoms with van der Waals surface area (Å²) in [6, 6.07) is 0. The Balaban J connectivity index is 2.69. The van der Waals surface area contributed by atoms with E-state index in [0.717, 1.165) is 36.0 Å². The summed E-state index contributed by atoms with van der Waals surface area (Å²) >= 11 is 6.16. The third-order valence-electron chi connectivity index (χ3n) is 3.34. The van der Waals surface area contributed by atoms with E-state index in [4.69, 9.17) is 17.3 Å². The predicted octanol–water partition coefficient (Wildman–Crippen LogP) is 2.69. The molecule has 0 fully saturated rings. The molecular formula is C12H16ClNO. The first-order chi connectivity index (χ1) is 7.16. The van der Waals surface area contributed by atoms with Gasteiger partial charge in [-0.3, -0.25) is 0 Å². The third-order valence-corrected chi connectivity index (χ3v) is 3.74. The minimum atomic E-state index is 0.192. The summed E-state index contributed by atoms with van der Waals surface area (Å²) in [6.45, 7) is 2.38. The molecule has 0 atom stereocenters. The lowest BCUT2D eigenvalue weighted by atomic mass is 9.86. The van der Waals surface area contributed by atoms with Gasteiger partial charge in [-0.05, 0) is 49.3 Å². The van der Waals surface area contributed by atoms with Crippen LogP contribution in [0.25, 0.3) is 0 Å². The minimum absolute atomic E-state index is 0.192. The number of fused-ring (bicyclic) bond motifs is 1. The van der Waals surface area contributed by atoms with Gasteiger partial charge in [-0.25, -0.2) is 0 Å². The van der Waals surface area contributed by atoms with Crippen LogP contribution in [0.15, 0.2) is 0 Å². The lowest BCUT2D eigenvalue weighted by molar-refractivity contribution is 0.465. The maximum Gasteiger partial charge on any atom is 0.139 e. The van der Waals surface area contributed by atoms with Crippen molar-refractivity contribution in [1.29, 1.82) is 0 Å². The molecule has 0 aromatic heterocycles. The summed E-state index contributed by atoms with van der Waals surface area (Å²) in [5.41, 5.74) is 10.0. The van der Waals surface area contributed by atoms with Crippen molar-refractivity contribution >= 4 is 11.6 Å². The van der Waals surface area contributed by atoms with E-state index >= 15 is 0 Å². The van der Waals surface area contributed by atoms with Gasteiger partial charge in [0.25, 0.3) is 0 Å². The van der Waals surface area contributed by atoms with Crippen LogP contribution < -0.4 is 5.73 Å². The van der Waals surface area contributed by atoms with E-state index in [1.807, 2.05) is 6.92 Å². The molecule has 0 saturated carbocycles. The Bertz CT molecular complexity index is 401. The number of halogens is 1. The van der Waals surface area contributed by atoms with Crippen molar-refractivity contribution < 1.29 is 5.11 Å². The molecular weight excluding hydrogens is 210 g/mol. The summed E-state index contributed by atoms with van der Waals surface area (Å²) in [5, 5.41) is 10.4. The molecule has 0 saturated heterocycles. The zero-order valence-corrected chi connectivity index (χ0v) is 9.69. The van der Waals surface area contributed by atoms with Crippen molar-refractivity contribution in [3.05, 3.63) is 27.3 Å². The van der Waals surface area contributed by atoms with Gasteiger partial charge in [0, 0.05) is 12.1 Å². The van der Waals surface area contributed by atoms with Crippen molar-refractivity contribution in [3.8, 4) is 5.75 Å². The van der Waals surface area contributed by atoms with Crippen LogP contribution in [0.4, 0.5) is 0 Å². The number of hydrogen-bond acceptors (Lipinski definition) is 2. The molecule has 1 aliphatic rings. The number of nitrogens with two attached hydrogens (primary N) is 1. The molecule has 0 radical (unpaired) electrons. The largest absolute Gasteiger partial charge is 0.506 e. The quantitative estimate of drug-likeness (QED) is 0.772. The first kappa shape index (κ1) is 10.8. The zero-order chi connectivity index (χ0) is 11.0. The summed E-state index contributed by atoms with van der Waals surface area (Å²) in [6.07, 6.45) is 4.41. The van der Waals surface area contributed by atoms with Crippen LogP contribution in [0.2, 0.25) is 5.02 Å². The molecule has 0 unspecified atom stereocenters. The van der Waals surface area contributed by atoms with Crippen LogP contribution in [0.1, 0.15) is 35.1 Å². The van der Waals surface area contributed by atoms with Gasteiger partial charge in [-0.1, -0.05) is 11.6 Å². The molecule has 1 aromatic carbocycles. The summed E-state index contributed by atoms with van der Waals surface area (Å²) in [7, 11) is 0. The minimum Gasteiger partial charge on any atom is -0.506 e. The van der Waals surface area contributed by atoms with Gasteiger partial charge in [0.2, 0.25) is 0 Å². The van der Waals surface area contributed by atoms with Gasteiger partial charge in [0.05, 0.1) is 5.02 Å². The standard InChI is InChI=1S/C12H16ClNO/c1-7-8-4-2-3-5-9(8)11(13)12(15)10(7)6-14/h15H,2-6,14H2,1H3. The Morgan fingerprint density at radius 2 is 1.87 bits per heavy atom. The molecule has 0 spiro atoms. The molecule has 2 nitrogen and oxygen atoms in total. The highest BCUT2D eigenvalue weighted by Crippen LogP contribution is 2.39. The second-order valence-corrected chi connectivity index (χ2v) is 4.51. The third kappa shape index (κ3) is 1.62. The van der Waals surface area contributed by atoms with Crippen molar-refractivity contribution in [3.63, 3.8) is 0 Å². The number of phenols is 1. The molecule has 1 aliphatic carbocycles. The molecule has 0 heterocycles. The number of phenolic OH excluding ortho intramolecular Hbond substituents is 1. The normalized spacial score (nSPS) is 15.1. The highest BCUT2D eigenvalue weighted by atomic mass is 35.5. The first-order valence-electron chi connectivity index (χ1n) is 5.38. The molecule has 3 N–H and O–H groups in total. The SMILES string of the molecule is Cc1c(CN)c(O)c(Cl)c2c1CCCC2. The molecule has 0 bridgehead atoms. The Labute approximate surface area is 95.1 Å². The fourth-order valence-electron chi connectivity index (χ4n) is 2.45. The first-order valence-corrected chi connectivity index (χ1v) is 5.76. The van der Waals surface area contributed by atoms with E-state index in [1.165, 1.54) is 12.0 Å². The summed E-state index contributed by atoms with van der Waals surface area (Å²) in [4.78, 5) is 0. The van der Waals surface area contributed by atoms with E-state index < -0.39 is 0 Å². The average Bonchev–Trinajstić information content (AvgIpc) is 2.27. The van der Waals surface area contributed by atoms with E-state index in [0.29, 0.717) is 11.6 Å². The van der Waals surface area contributed by atoms with Crippen molar-refractivity contribution in [2.75, 3.05) is 0 Å². The van der Waals surface area contributed by atoms with Gasteiger partial charge in [0.1, 0.15) is 5.75 Å². The van der Waals surface area contributed by atoms with Crippen molar-refractivity contribution in [1.82, 2.24) is 0 Å². The lowest BCUT2D eigenvalue weighted by Crippen LogP contribution is -2.10. The number of rotatable bonds is 1. The maximum absolute atomic E-state index is 9.92. The van der Waals surface area contributed by atoms with Crippen LogP contribution in [-0.4, -0.2) is 5.11 Å². The number of hydrogen-bond donors (Lipinski definition) is 2. The van der Waals surface area contributed by atoms with E-state index in [2.05, 4.69) is 0 Å². The lowest BCUT2D eigenvalue weighted by Gasteiger charge is -2.22. The van der Waals surface area contributed by atoms with Gasteiger partial charge in [-0.2, -0.15) is 0 Å². The smallest absolute Gasteiger partial charge is 0.139 e. The molecule has 2 rings (SSSR count). The topological polar surface area (TPSA) is 46.2 Å². The second-order valence-electron chi connectivity index (χ2n) is 4.13. The average molecular weight is 226 g/mol. The fourth-order valence-corrected chi connectivity index (χ4v) is 2.77. The highest BCUT2D eigenvalue weighted by molar-refractivity contribution is 6.33. The van der Waals surface area contributed by atoms with Gasteiger partial charge >= 0.3 is 0 Å². The second kappa shape index (κ2) is 4.03. The molecule has 0 amide bonds. The summed E-state index contributed by atoms with van der Waals surface area (Å²) < 4.78 is 0. The highest BCUT2D eigenvalue weighted by Gasteiger charge is 2.21. The molecule has 0 aliphatic heterocycles. The Morgan fingerprint density at radius 1 is 1.27 bits per heavy atom. The Kier molecular flexibility index (Phi) is 2.89. The van der Waals surface area contributed by atoms with Crippen molar-refractivity contribution in [2.24, 2.45) is 5.73 Å². The van der Waals surface area contributed by atoms with E-state index in [-0.39, 0.29) is 5.75 Å². The van der Waals surface area contributed by atoms with Crippen LogP contribution in [0.3, 0.4) is 0 Å². The van der Waals surface area contributed by atoms with Crippen LogP contribution >= 0.6 is 11.6 Å². The number of aromatic hydroxyl groups is 1. The monoisotopic (exact) mass is 225 g/mol. The van der Waals surface area contributed by atoms with Crippen LogP contribution in [0.5, 0.6) is 5.75 Å². The fraction of sp³-hybridized carbons (Fsp3) is 0.500. The van der Waals surface area contributed by atoms with Gasteiger partial charge < -0.3 is 10.8 Å². The maximum atomic E-state index is 9.92. The zero-order valence-electron chi connectivity index (χ0n) is 8.94. The van der Waals surface area contributed by atoms with Crippen LogP contribution in [-0.2, 0) is 19.4 Å².